The smallest absolute Gasteiger partial charge is 0.157 e. The Labute approximate surface area is 97.3 Å². The summed E-state index contributed by atoms with van der Waals surface area (Å²) in [5.74, 6) is 0. The molecule has 0 radical (unpaired) electrons. The summed E-state index contributed by atoms with van der Waals surface area (Å²) < 4.78 is 5.82. The largest absolute Gasteiger partial charge is 1.00 e. The van der Waals surface area contributed by atoms with E-state index in [1.165, 1.54) is 0 Å². The van der Waals surface area contributed by atoms with Crippen molar-refractivity contribution in [3.63, 3.8) is 0 Å². The molecule has 0 amide bonds. The summed E-state index contributed by atoms with van der Waals surface area (Å²) in [6.45, 7) is 0.866. The molecule has 0 aliphatic rings. The third-order valence-corrected chi connectivity index (χ3v) is 1.76. The number of hydrogen-bond donors (Lipinski definition) is 3. The van der Waals surface area contributed by atoms with Gasteiger partial charge in [0, 0.05) is 6.42 Å². The van der Waals surface area contributed by atoms with E-state index in [-0.39, 0.29) is 25.4 Å². The minimum atomic E-state index is -0.997. The van der Waals surface area contributed by atoms with Gasteiger partial charge in [0.15, 0.2) is 6.29 Å². The molecule has 5 nitrogen and oxygen atoms in total. The van der Waals surface area contributed by atoms with E-state index in [9.17, 15) is 5.11 Å². The number of aliphatic hydroxyl groups is 3. The first kappa shape index (κ1) is 17.5. The predicted molar refractivity (Wildman–Crippen MR) is 52.6 cm³/mol. The summed E-state index contributed by atoms with van der Waals surface area (Å²) in [4.78, 5) is 0. The summed E-state index contributed by atoms with van der Waals surface area (Å²) >= 11 is 0. The van der Waals surface area contributed by atoms with Crippen molar-refractivity contribution in [2.45, 2.75) is 18.8 Å². The molecule has 0 saturated heterocycles. The minimum Gasteiger partial charge on any atom is -1.00 e. The van der Waals surface area contributed by atoms with E-state index in [2.05, 4.69) is 0 Å². The number of aliphatic hydroxyl groups excluding tert-OH is 3. The lowest BCUT2D eigenvalue weighted by Gasteiger charge is -2.24. The average Bonchev–Trinajstić information content (AvgIpc) is 2.01. The summed E-state index contributed by atoms with van der Waals surface area (Å²) in [5, 5.41) is 26.8. The highest BCUT2D eigenvalue weighted by molar-refractivity contribution is 4.54. The summed E-state index contributed by atoms with van der Waals surface area (Å²) in [5.41, 5.74) is 0. The van der Waals surface area contributed by atoms with Gasteiger partial charge in [0.25, 0.3) is 0 Å². The van der Waals surface area contributed by atoms with E-state index < -0.39 is 12.4 Å². The van der Waals surface area contributed by atoms with Gasteiger partial charge in [-0.05, 0) is 0 Å². The Hall–Kier alpha value is 0.0900. The molecule has 6 heteroatoms. The van der Waals surface area contributed by atoms with Crippen LogP contribution in [0.1, 0.15) is 6.42 Å². The number of halogens is 1. The van der Waals surface area contributed by atoms with Gasteiger partial charge < -0.3 is 36.9 Å². The van der Waals surface area contributed by atoms with Crippen LogP contribution in [0.3, 0.4) is 0 Å². The van der Waals surface area contributed by atoms with Crippen molar-refractivity contribution in [2.24, 2.45) is 0 Å². The van der Waals surface area contributed by atoms with Crippen LogP contribution in [0.2, 0.25) is 0 Å². The topological polar surface area (TPSA) is 69.9 Å². The fraction of sp³-hybridized carbons (Fsp3) is 1.00. The third kappa shape index (κ3) is 12.0. The van der Waals surface area contributed by atoms with Gasteiger partial charge in [-0.2, -0.15) is 0 Å². The van der Waals surface area contributed by atoms with Crippen molar-refractivity contribution in [1.82, 2.24) is 0 Å². The van der Waals surface area contributed by atoms with E-state index in [1.807, 2.05) is 21.1 Å². The number of hydrogen-bond acceptors (Lipinski definition) is 4. The van der Waals surface area contributed by atoms with E-state index >= 15 is 0 Å². The van der Waals surface area contributed by atoms with Crippen LogP contribution in [-0.2, 0) is 4.74 Å². The molecule has 15 heavy (non-hydrogen) atoms. The fourth-order valence-corrected chi connectivity index (χ4v) is 0.838. The lowest BCUT2D eigenvalue weighted by Crippen LogP contribution is -3.00. The Bertz CT molecular complexity index is 152. The normalized spacial score (nSPS) is 15.6. The molecule has 3 N–H and O–H groups in total. The molecule has 0 aliphatic carbocycles. The van der Waals surface area contributed by atoms with Crippen molar-refractivity contribution in [3.05, 3.63) is 0 Å². The summed E-state index contributed by atoms with van der Waals surface area (Å²) in [6, 6.07) is 0. The standard InChI is InChI=1S/C9H22NO4.ClH/c1-10(2,3)4-5-14-9(13)6-8(12)7-11;/h8-9,11-13H,4-7H2,1-3H3;1H/q+1;/p-1. The molecule has 0 rings (SSSR count). The molecular formula is C9H22ClNO4. The number of rotatable bonds is 7. The van der Waals surface area contributed by atoms with E-state index in [4.69, 9.17) is 14.9 Å². The molecule has 0 saturated carbocycles. The van der Waals surface area contributed by atoms with Gasteiger partial charge in [0.2, 0.25) is 0 Å². The molecule has 0 heterocycles. The molecule has 0 fully saturated rings. The summed E-state index contributed by atoms with van der Waals surface area (Å²) in [6.07, 6.45) is -1.86. The zero-order valence-corrected chi connectivity index (χ0v) is 10.3. The second-order valence-corrected chi connectivity index (χ2v) is 4.41. The van der Waals surface area contributed by atoms with Gasteiger partial charge in [0.05, 0.1) is 40.5 Å². The van der Waals surface area contributed by atoms with Crippen molar-refractivity contribution < 1.29 is 36.9 Å². The second-order valence-electron chi connectivity index (χ2n) is 4.41. The fourth-order valence-electron chi connectivity index (χ4n) is 0.838. The first-order valence-corrected chi connectivity index (χ1v) is 4.74. The van der Waals surface area contributed by atoms with Crippen LogP contribution in [0.15, 0.2) is 0 Å². The zero-order chi connectivity index (χ0) is 11.2. The van der Waals surface area contributed by atoms with Gasteiger partial charge in [-0.25, -0.2) is 0 Å². The molecule has 94 valence electrons. The maximum Gasteiger partial charge on any atom is 0.157 e. The second kappa shape index (κ2) is 8.27. The molecule has 0 spiro atoms. The van der Waals surface area contributed by atoms with Crippen LogP contribution in [0.4, 0.5) is 0 Å². The molecular weight excluding hydrogens is 222 g/mol. The Morgan fingerprint density at radius 2 is 1.73 bits per heavy atom. The molecule has 0 aromatic rings. The maximum absolute atomic E-state index is 9.25. The highest BCUT2D eigenvalue weighted by Gasteiger charge is 2.13. The Balaban J connectivity index is 0. The monoisotopic (exact) mass is 243 g/mol. The van der Waals surface area contributed by atoms with Crippen molar-refractivity contribution in [1.29, 1.82) is 0 Å². The molecule has 0 bridgehead atoms. The first-order chi connectivity index (χ1) is 6.35. The number of nitrogens with zero attached hydrogens (tertiary/aromatic N) is 1. The molecule has 0 aromatic heterocycles. The van der Waals surface area contributed by atoms with Crippen LogP contribution in [0, 0.1) is 0 Å². The van der Waals surface area contributed by atoms with Crippen molar-refractivity contribution in [2.75, 3.05) is 40.9 Å². The molecule has 0 aromatic carbocycles. The van der Waals surface area contributed by atoms with Crippen LogP contribution >= 0.6 is 0 Å². The Morgan fingerprint density at radius 3 is 2.13 bits per heavy atom. The van der Waals surface area contributed by atoms with Crippen LogP contribution in [-0.4, -0.2) is 73.1 Å². The van der Waals surface area contributed by atoms with Gasteiger partial charge in [0.1, 0.15) is 6.54 Å². The zero-order valence-electron chi connectivity index (χ0n) is 9.56. The minimum absolute atomic E-state index is 0. The Morgan fingerprint density at radius 1 is 1.20 bits per heavy atom. The highest BCUT2D eigenvalue weighted by Crippen LogP contribution is 2.00. The van der Waals surface area contributed by atoms with Gasteiger partial charge in [-0.3, -0.25) is 0 Å². The van der Waals surface area contributed by atoms with E-state index in [0.29, 0.717) is 6.61 Å². The highest BCUT2D eigenvalue weighted by atomic mass is 35.5. The molecule has 2 unspecified atom stereocenters. The lowest BCUT2D eigenvalue weighted by molar-refractivity contribution is -0.871. The van der Waals surface area contributed by atoms with Crippen LogP contribution < -0.4 is 12.4 Å². The van der Waals surface area contributed by atoms with E-state index in [1.54, 1.807) is 0 Å². The average molecular weight is 244 g/mol. The lowest BCUT2D eigenvalue weighted by atomic mass is 10.2. The third-order valence-electron chi connectivity index (χ3n) is 1.76. The maximum atomic E-state index is 9.25. The first-order valence-electron chi connectivity index (χ1n) is 4.74. The van der Waals surface area contributed by atoms with Crippen LogP contribution in [0.5, 0.6) is 0 Å². The SMILES string of the molecule is C[N+](C)(C)CCOC(O)CC(O)CO.[Cl-]. The van der Waals surface area contributed by atoms with Crippen LogP contribution in [0.25, 0.3) is 0 Å². The predicted octanol–water partition coefficient (Wildman–Crippen LogP) is -4.23. The van der Waals surface area contributed by atoms with Crippen molar-refractivity contribution in [3.8, 4) is 0 Å². The van der Waals surface area contributed by atoms with Gasteiger partial charge in [-0.15, -0.1) is 0 Å². The molecule has 2 atom stereocenters. The van der Waals surface area contributed by atoms with Gasteiger partial charge in [-0.1, -0.05) is 0 Å². The number of ether oxygens (including phenoxy) is 1. The Kier molecular flexibility index (Phi) is 9.63. The van der Waals surface area contributed by atoms with E-state index in [0.717, 1.165) is 11.0 Å². The van der Waals surface area contributed by atoms with Gasteiger partial charge >= 0.3 is 0 Å². The quantitative estimate of drug-likeness (QED) is 0.313. The molecule has 0 aliphatic heterocycles. The number of quaternary nitrogens is 1. The van der Waals surface area contributed by atoms with Crippen molar-refractivity contribution >= 4 is 0 Å². The summed E-state index contributed by atoms with van der Waals surface area (Å²) in [7, 11) is 6.08. The number of likely N-dealkylation sites (N-methyl/N-ethyl adjacent to an activating group) is 1.